The van der Waals surface area contributed by atoms with E-state index in [0.29, 0.717) is 24.6 Å². The Kier molecular flexibility index (Phi) is 10.1. The quantitative estimate of drug-likeness (QED) is 0.436. The van der Waals surface area contributed by atoms with E-state index in [9.17, 15) is 31.1 Å². The Morgan fingerprint density at radius 1 is 0.850 bits per heavy atom. The summed E-state index contributed by atoms with van der Waals surface area (Å²) in [5.41, 5.74) is 4.61. The molecule has 2 aromatic heterocycles. The van der Waals surface area contributed by atoms with Crippen LogP contribution < -0.4 is 4.90 Å². The molecule has 0 saturated carbocycles. The number of hydrogen-bond donors (Lipinski definition) is 2. The maximum absolute atomic E-state index is 13.0. The number of benzene rings is 1. The van der Waals surface area contributed by atoms with Crippen LogP contribution in [0.25, 0.3) is 11.3 Å². The SMILES string of the molecule is CN(C)c1ncc2c(n1)-c1ccccc1CN(C(=O)c1ccncc1)C2.O=C(O)C(F)(F)F.O=C(O)C(F)(F)F. The average molecular weight is 573 g/mol. The van der Waals surface area contributed by atoms with Gasteiger partial charge < -0.3 is 20.0 Å². The molecule has 1 aliphatic heterocycles. The molecule has 0 aliphatic carbocycles. The minimum absolute atomic E-state index is 0.0215. The Balaban J connectivity index is 0.000000333. The minimum atomic E-state index is -5.08. The van der Waals surface area contributed by atoms with Crippen molar-refractivity contribution >= 4 is 23.8 Å². The summed E-state index contributed by atoms with van der Waals surface area (Å²) in [4.78, 5) is 47.7. The maximum atomic E-state index is 13.0. The van der Waals surface area contributed by atoms with Crippen LogP contribution in [0.4, 0.5) is 32.3 Å². The molecule has 0 atom stereocenters. The van der Waals surface area contributed by atoms with Crippen molar-refractivity contribution in [1.82, 2.24) is 19.9 Å². The Labute approximate surface area is 222 Å². The van der Waals surface area contributed by atoms with E-state index >= 15 is 0 Å². The van der Waals surface area contributed by atoms with E-state index in [1.165, 1.54) is 0 Å². The van der Waals surface area contributed by atoms with Gasteiger partial charge in [-0.2, -0.15) is 26.3 Å². The number of pyridine rings is 1. The number of aliphatic carboxylic acids is 2. The highest BCUT2D eigenvalue weighted by Crippen LogP contribution is 2.32. The fourth-order valence-electron chi connectivity index (χ4n) is 3.14. The Hall–Kier alpha value is -4.76. The van der Waals surface area contributed by atoms with E-state index < -0.39 is 24.3 Å². The van der Waals surface area contributed by atoms with E-state index in [-0.39, 0.29) is 5.91 Å². The number of fused-ring (bicyclic) bond motifs is 3. The highest BCUT2D eigenvalue weighted by atomic mass is 19.4. The molecule has 3 aromatic rings. The van der Waals surface area contributed by atoms with Crippen molar-refractivity contribution in [2.75, 3.05) is 19.0 Å². The second kappa shape index (κ2) is 12.9. The fraction of sp³-hybridized carbons (Fsp3) is 0.250. The van der Waals surface area contributed by atoms with Crippen LogP contribution in [0, 0.1) is 0 Å². The number of amides is 1. The van der Waals surface area contributed by atoms with Gasteiger partial charge in [0.25, 0.3) is 5.91 Å². The third kappa shape index (κ3) is 8.64. The van der Waals surface area contributed by atoms with Crippen LogP contribution in [0.1, 0.15) is 21.5 Å². The minimum Gasteiger partial charge on any atom is -0.475 e. The van der Waals surface area contributed by atoms with Gasteiger partial charge in [0, 0.05) is 55.9 Å². The van der Waals surface area contributed by atoms with Gasteiger partial charge in [-0.15, -0.1) is 0 Å². The van der Waals surface area contributed by atoms with E-state index in [2.05, 4.69) is 22.1 Å². The monoisotopic (exact) mass is 573 g/mol. The topological polar surface area (TPSA) is 137 Å². The summed E-state index contributed by atoms with van der Waals surface area (Å²) in [7, 11) is 3.84. The number of hydrogen-bond acceptors (Lipinski definition) is 7. The van der Waals surface area contributed by atoms with Crippen molar-refractivity contribution in [2.24, 2.45) is 0 Å². The van der Waals surface area contributed by atoms with Crippen LogP contribution in [0.3, 0.4) is 0 Å². The second-order valence-corrected chi connectivity index (χ2v) is 8.10. The van der Waals surface area contributed by atoms with Gasteiger partial charge >= 0.3 is 24.3 Å². The van der Waals surface area contributed by atoms with Crippen molar-refractivity contribution in [3.8, 4) is 11.3 Å². The molecule has 0 unspecified atom stereocenters. The standard InChI is InChI=1S/C20H19N5O.2C2HF3O2/c1-24(2)20-22-11-16-13-25(19(26)14-7-9-21-10-8-14)12-15-5-3-4-6-17(15)18(16)23-20;2*3-2(4,5)1(6)7/h3-11H,12-13H2,1-2H3;2*(H,6,7). The lowest BCUT2D eigenvalue weighted by Crippen LogP contribution is -2.29. The van der Waals surface area contributed by atoms with Gasteiger partial charge in [-0.05, 0) is 17.7 Å². The van der Waals surface area contributed by atoms with E-state index in [1.807, 2.05) is 42.2 Å². The molecule has 2 N–H and O–H groups in total. The number of carboxylic acid groups (broad SMARTS) is 2. The van der Waals surface area contributed by atoms with E-state index in [1.54, 1.807) is 24.5 Å². The summed E-state index contributed by atoms with van der Waals surface area (Å²) in [6.07, 6.45) is -5.06. The molecule has 10 nitrogen and oxygen atoms in total. The number of aromatic nitrogens is 3. The summed E-state index contributed by atoms with van der Waals surface area (Å²) in [6.45, 7) is 1.00. The maximum Gasteiger partial charge on any atom is 0.490 e. The van der Waals surface area contributed by atoms with Crippen LogP contribution >= 0.6 is 0 Å². The number of rotatable bonds is 2. The van der Waals surface area contributed by atoms with Crippen LogP contribution in [0.2, 0.25) is 0 Å². The molecule has 0 spiro atoms. The van der Waals surface area contributed by atoms with Gasteiger partial charge in [0.05, 0.1) is 12.2 Å². The summed E-state index contributed by atoms with van der Waals surface area (Å²) < 4.78 is 63.5. The van der Waals surface area contributed by atoms with Crippen LogP contribution in [-0.2, 0) is 22.7 Å². The van der Waals surface area contributed by atoms with Crippen molar-refractivity contribution in [1.29, 1.82) is 0 Å². The lowest BCUT2D eigenvalue weighted by atomic mass is 10.0. The number of halogens is 6. The predicted octanol–water partition coefficient (Wildman–Crippen LogP) is 4.03. The van der Waals surface area contributed by atoms with Gasteiger partial charge in [-0.3, -0.25) is 9.78 Å². The fourth-order valence-corrected chi connectivity index (χ4v) is 3.14. The first-order valence-electron chi connectivity index (χ1n) is 10.9. The number of nitrogens with zero attached hydrogens (tertiary/aromatic N) is 5. The zero-order valence-corrected chi connectivity index (χ0v) is 20.7. The number of carbonyl (C=O) groups is 3. The molecule has 16 heteroatoms. The predicted molar refractivity (Wildman–Crippen MR) is 127 cm³/mol. The van der Waals surface area contributed by atoms with Crippen molar-refractivity contribution in [2.45, 2.75) is 25.4 Å². The molecule has 0 bridgehead atoms. The van der Waals surface area contributed by atoms with Gasteiger partial charge in [0.2, 0.25) is 5.95 Å². The summed E-state index contributed by atoms with van der Waals surface area (Å²) in [6, 6.07) is 11.6. The van der Waals surface area contributed by atoms with Crippen molar-refractivity contribution in [3.05, 3.63) is 71.7 Å². The molecule has 0 radical (unpaired) electrons. The molecule has 0 saturated heterocycles. The summed E-state index contributed by atoms with van der Waals surface area (Å²) >= 11 is 0. The molecule has 1 amide bonds. The smallest absolute Gasteiger partial charge is 0.475 e. The third-order valence-electron chi connectivity index (χ3n) is 4.95. The van der Waals surface area contributed by atoms with Crippen molar-refractivity contribution in [3.63, 3.8) is 0 Å². The van der Waals surface area contributed by atoms with Crippen molar-refractivity contribution < 1.29 is 50.9 Å². The van der Waals surface area contributed by atoms with Gasteiger partial charge in [-0.25, -0.2) is 19.6 Å². The lowest BCUT2D eigenvalue weighted by Gasteiger charge is -2.21. The van der Waals surface area contributed by atoms with Crippen LogP contribution in [-0.4, -0.2) is 74.4 Å². The van der Waals surface area contributed by atoms with Gasteiger partial charge in [-0.1, -0.05) is 24.3 Å². The second-order valence-electron chi connectivity index (χ2n) is 8.10. The Bertz CT molecular complexity index is 1330. The Morgan fingerprint density at radius 2 is 1.35 bits per heavy atom. The Morgan fingerprint density at radius 3 is 1.85 bits per heavy atom. The highest BCUT2D eigenvalue weighted by molar-refractivity contribution is 5.94. The number of carbonyl (C=O) groups excluding carboxylic acids is 1. The van der Waals surface area contributed by atoms with E-state index in [0.717, 1.165) is 22.4 Å². The molecule has 1 aliphatic rings. The normalized spacial score (nSPS) is 12.2. The first-order valence-corrected chi connectivity index (χ1v) is 10.9. The third-order valence-corrected chi connectivity index (χ3v) is 4.95. The van der Waals surface area contributed by atoms with Gasteiger partial charge in [0.15, 0.2) is 0 Å². The average Bonchev–Trinajstić information content (AvgIpc) is 3.05. The zero-order valence-electron chi connectivity index (χ0n) is 20.7. The number of alkyl halides is 6. The largest absolute Gasteiger partial charge is 0.490 e. The van der Waals surface area contributed by atoms with E-state index in [4.69, 9.17) is 24.8 Å². The molecular formula is C24H21F6N5O5. The molecule has 1 aromatic carbocycles. The highest BCUT2D eigenvalue weighted by Gasteiger charge is 2.38. The number of anilines is 1. The van der Waals surface area contributed by atoms with Crippen LogP contribution in [0.5, 0.6) is 0 Å². The molecule has 3 heterocycles. The molecule has 214 valence electrons. The molecule has 40 heavy (non-hydrogen) atoms. The first-order chi connectivity index (χ1) is 18.5. The molecule has 0 fully saturated rings. The first kappa shape index (κ1) is 31.5. The summed E-state index contributed by atoms with van der Waals surface area (Å²) in [5, 5.41) is 14.2. The zero-order chi connectivity index (χ0) is 30.3. The molecule has 4 rings (SSSR count). The number of carboxylic acids is 2. The lowest BCUT2D eigenvalue weighted by molar-refractivity contribution is -0.193. The van der Waals surface area contributed by atoms with Crippen LogP contribution in [0.15, 0.2) is 55.0 Å². The van der Waals surface area contributed by atoms with Gasteiger partial charge in [0.1, 0.15) is 0 Å². The molecular weight excluding hydrogens is 552 g/mol. The summed E-state index contributed by atoms with van der Waals surface area (Å²) in [5.74, 6) is -4.88.